The fourth-order valence-corrected chi connectivity index (χ4v) is 18.5. The zero-order valence-corrected chi connectivity index (χ0v) is 42.2. The molecule has 1 heterocycles. The first-order chi connectivity index (χ1) is 29.5. The van der Waals surface area contributed by atoms with Crippen molar-refractivity contribution in [2.75, 3.05) is 12.3 Å². The summed E-state index contributed by atoms with van der Waals surface area (Å²) >= 11 is 0. The second-order valence-electron chi connectivity index (χ2n) is 15.7. The maximum Gasteiger partial charge on any atom is 1.00 e. The maximum atomic E-state index is 7.47. The van der Waals surface area contributed by atoms with E-state index in [9.17, 15) is 0 Å². The molecule has 0 spiro atoms. The van der Waals surface area contributed by atoms with Gasteiger partial charge in [0.05, 0.1) is 45.1 Å². The van der Waals surface area contributed by atoms with Gasteiger partial charge in [0.1, 0.15) is 12.3 Å². The summed E-state index contributed by atoms with van der Waals surface area (Å²) < 4.78 is 0. The fourth-order valence-electron chi connectivity index (χ4n) is 8.94. The van der Waals surface area contributed by atoms with Crippen molar-refractivity contribution in [1.29, 1.82) is 0 Å². The van der Waals surface area contributed by atoms with Crippen molar-refractivity contribution in [2.45, 2.75) is 19.5 Å². The molecule has 0 fully saturated rings. The summed E-state index contributed by atoms with van der Waals surface area (Å²) in [6.45, 7) is 4.72. The molecule has 5 heteroatoms. The SMILES string of the molecule is [Au+].[Au+].[C-]#Cc1cccc2c1Cc1ccccc1-2.[C-]#Cc1cccc2c1[Si](C)(C)c1ccccc1-2.c1ccc([PH+](CC[PH+](c2ccccc2)c2ccccc2)c2ccccc2)cc1. The minimum atomic E-state index is -1.63. The van der Waals surface area contributed by atoms with Crippen molar-refractivity contribution in [3.63, 3.8) is 0 Å². The molecule has 0 atom stereocenters. The van der Waals surface area contributed by atoms with Crippen LogP contribution in [0.1, 0.15) is 22.3 Å². The van der Waals surface area contributed by atoms with E-state index in [1.807, 2.05) is 24.3 Å². The average Bonchev–Trinajstić information content (AvgIpc) is 3.81. The van der Waals surface area contributed by atoms with Crippen LogP contribution in [0.3, 0.4) is 0 Å². The van der Waals surface area contributed by atoms with Gasteiger partial charge in [-0.2, -0.15) is 0 Å². The largest absolute Gasteiger partial charge is 1.00 e. The number of hydrogen-bond donors (Lipinski definition) is 0. The Balaban J connectivity index is 0.000000162. The topological polar surface area (TPSA) is 0 Å². The van der Waals surface area contributed by atoms with Crippen LogP contribution in [-0.2, 0) is 51.2 Å². The zero-order valence-electron chi connectivity index (χ0n) is 34.9. The standard InChI is InChI=1S/C26H24P2.C16H13Si.C15H9.2Au/c1-5-13-23(14-6-1)27(24-15-7-2-8-16-24)21-22-28(25-17-9-3-10-18-25)26-19-11-4-12-20-26;1-4-12-8-7-10-14-13-9-5-6-11-15(13)17(2,3)16(12)14;1-2-11-7-5-9-14-13-8-4-3-6-12(13)10-15(11)14;;/h1-20H,21-22H2;5-11H,2-3H3;3-9H,10H2;;/q;2*-1;2*+1/p+2. The molecule has 0 radical (unpaired) electrons. The van der Waals surface area contributed by atoms with Gasteiger partial charge in [0.15, 0.2) is 0 Å². The van der Waals surface area contributed by atoms with Crippen LogP contribution < -0.4 is 31.6 Å². The summed E-state index contributed by atoms with van der Waals surface area (Å²) in [6.07, 6.45) is 18.2. The van der Waals surface area contributed by atoms with Crippen LogP contribution in [0.5, 0.6) is 0 Å². The Bertz CT molecular complexity index is 2630. The maximum absolute atomic E-state index is 7.47. The summed E-state index contributed by atoms with van der Waals surface area (Å²) in [4.78, 5) is 0. The van der Waals surface area contributed by atoms with Crippen LogP contribution >= 0.6 is 15.8 Å². The Morgan fingerprint density at radius 1 is 0.419 bits per heavy atom. The minimum Gasteiger partial charge on any atom is -0.366 e. The molecular formula is C57H48Au2P2Si+2. The van der Waals surface area contributed by atoms with E-state index in [1.165, 1.54) is 77.3 Å². The molecule has 0 nitrogen and oxygen atoms in total. The molecule has 0 saturated carbocycles. The molecule has 1 aliphatic heterocycles. The Morgan fingerprint density at radius 3 is 1.29 bits per heavy atom. The third-order valence-corrected chi connectivity index (χ3v) is 21.5. The molecule has 2 aliphatic rings. The number of rotatable bonds is 7. The van der Waals surface area contributed by atoms with Crippen LogP contribution in [0.4, 0.5) is 0 Å². The Morgan fingerprint density at radius 2 is 0.806 bits per heavy atom. The molecular weight excluding hydrogens is 1170 g/mol. The van der Waals surface area contributed by atoms with Gasteiger partial charge in [-0.05, 0) is 88.0 Å². The Hall–Kier alpha value is -4.56. The van der Waals surface area contributed by atoms with E-state index in [-0.39, 0.29) is 44.8 Å². The monoisotopic (exact) mass is 1220 g/mol. The predicted octanol–water partition coefficient (Wildman–Crippen LogP) is 10.3. The molecule has 0 bridgehead atoms. The van der Waals surface area contributed by atoms with Crippen molar-refractivity contribution in [3.8, 4) is 34.1 Å². The molecule has 0 aromatic heterocycles. The van der Waals surface area contributed by atoms with Crippen LogP contribution in [0.2, 0.25) is 13.1 Å². The van der Waals surface area contributed by atoms with Crippen molar-refractivity contribution >= 4 is 55.5 Å². The smallest absolute Gasteiger partial charge is 0.366 e. The number of hydrogen-bond acceptors (Lipinski definition) is 0. The van der Waals surface area contributed by atoms with Gasteiger partial charge in [0, 0.05) is 0 Å². The van der Waals surface area contributed by atoms with E-state index in [0.29, 0.717) is 0 Å². The molecule has 10 rings (SSSR count). The minimum absolute atomic E-state index is 0. The van der Waals surface area contributed by atoms with Gasteiger partial charge in [-0.25, -0.2) is 0 Å². The van der Waals surface area contributed by atoms with E-state index in [2.05, 4.69) is 207 Å². The van der Waals surface area contributed by atoms with Crippen LogP contribution in [0.15, 0.2) is 206 Å². The Kier molecular flexibility index (Phi) is 16.8. The van der Waals surface area contributed by atoms with Crippen LogP contribution in [-0.4, -0.2) is 20.4 Å². The summed E-state index contributed by atoms with van der Waals surface area (Å²) in [6, 6.07) is 73.9. The molecule has 8 aromatic carbocycles. The molecule has 0 N–H and O–H groups in total. The quantitative estimate of drug-likeness (QED) is 0.0646. The van der Waals surface area contributed by atoms with Crippen molar-refractivity contribution in [3.05, 3.63) is 241 Å². The van der Waals surface area contributed by atoms with Gasteiger partial charge in [-0.1, -0.05) is 159 Å². The first-order valence-electron chi connectivity index (χ1n) is 20.7. The number of fused-ring (bicyclic) bond motifs is 6. The van der Waals surface area contributed by atoms with Crippen LogP contribution in [0, 0.1) is 24.7 Å². The molecule has 0 saturated heterocycles. The van der Waals surface area contributed by atoms with E-state index in [0.717, 1.165) is 17.5 Å². The van der Waals surface area contributed by atoms with Gasteiger partial charge in [-0.3, -0.25) is 11.8 Å². The van der Waals surface area contributed by atoms with Gasteiger partial charge >= 0.3 is 44.8 Å². The first kappa shape index (κ1) is 46.9. The molecule has 310 valence electrons. The second kappa shape index (κ2) is 22.2. The van der Waals surface area contributed by atoms with Gasteiger partial charge in [0.2, 0.25) is 0 Å². The summed E-state index contributed by atoms with van der Waals surface area (Å²) in [5, 5.41) is 8.92. The first-order valence-corrected chi connectivity index (χ1v) is 27.1. The van der Waals surface area contributed by atoms with E-state index in [4.69, 9.17) is 12.8 Å². The summed E-state index contributed by atoms with van der Waals surface area (Å²) in [5.74, 6) is 5.11. The van der Waals surface area contributed by atoms with E-state index in [1.54, 1.807) is 0 Å². The molecule has 0 unspecified atom stereocenters. The normalized spacial score (nSPS) is 11.9. The summed E-state index contributed by atoms with van der Waals surface area (Å²) in [7, 11) is -3.20. The summed E-state index contributed by atoms with van der Waals surface area (Å²) in [5.41, 5.74) is 9.74. The molecule has 1 aliphatic carbocycles. The third-order valence-electron chi connectivity index (χ3n) is 11.8. The fraction of sp³-hybridized carbons (Fsp3) is 0.0877. The van der Waals surface area contributed by atoms with Gasteiger partial charge in [-0.15, -0.1) is 34.0 Å². The van der Waals surface area contributed by atoms with Crippen molar-refractivity contribution in [2.24, 2.45) is 0 Å². The molecule has 8 aromatic rings. The van der Waals surface area contributed by atoms with Crippen LogP contribution in [0.25, 0.3) is 22.3 Å². The van der Waals surface area contributed by atoms with E-state index < -0.39 is 23.9 Å². The van der Waals surface area contributed by atoms with Crippen molar-refractivity contribution in [1.82, 2.24) is 0 Å². The van der Waals surface area contributed by atoms with Gasteiger partial charge in [0.25, 0.3) is 0 Å². The van der Waals surface area contributed by atoms with Crippen molar-refractivity contribution < 1.29 is 44.8 Å². The molecule has 0 amide bonds. The predicted molar refractivity (Wildman–Crippen MR) is 266 cm³/mol. The Labute approximate surface area is 404 Å². The third kappa shape index (κ3) is 10.3. The van der Waals surface area contributed by atoms with Gasteiger partial charge < -0.3 is 12.8 Å². The molecule has 62 heavy (non-hydrogen) atoms. The average molecular weight is 1220 g/mol. The van der Waals surface area contributed by atoms with E-state index >= 15 is 0 Å². The number of benzene rings is 8. The second-order valence-corrected chi connectivity index (χ2v) is 25.2. The zero-order chi connectivity index (χ0) is 41.3.